The fraction of sp³-hybridized carbons (Fsp3) is 0.562. The van der Waals surface area contributed by atoms with Gasteiger partial charge in [0.15, 0.2) is 0 Å². The summed E-state index contributed by atoms with van der Waals surface area (Å²) in [4.78, 5) is 14.9. The first-order valence-electron chi connectivity index (χ1n) is 7.22. The fourth-order valence-corrected chi connectivity index (χ4v) is 3.75. The molecule has 1 aromatic carbocycles. The lowest BCUT2D eigenvalue weighted by molar-refractivity contribution is -0.136. The summed E-state index contributed by atoms with van der Waals surface area (Å²) in [5, 5.41) is 0.579. The number of nitrogens with zero attached hydrogens (tertiary/aromatic N) is 1. The van der Waals surface area contributed by atoms with E-state index in [0.717, 1.165) is 36.5 Å². The van der Waals surface area contributed by atoms with Gasteiger partial charge in [-0.15, -0.1) is 0 Å². The van der Waals surface area contributed by atoms with Gasteiger partial charge in [0, 0.05) is 29.8 Å². The molecule has 20 heavy (non-hydrogen) atoms. The van der Waals surface area contributed by atoms with E-state index in [-0.39, 0.29) is 5.91 Å². The molecule has 2 N–H and O–H groups in total. The van der Waals surface area contributed by atoms with Crippen molar-refractivity contribution >= 4 is 23.4 Å². The Morgan fingerprint density at radius 1 is 1.40 bits per heavy atom. The van der Waals surface area contributed by atoms with Crippen molar-refractivity contribution in [2.24, 2.45) is 0 Å². The quantitative estimate of drug-likeness (QED) is 0.871. The van der Waals surface area contributed by atoms with Crippen molar-refractivity contribution in [1.82, 2.24) is 4.90 Å². The summed E-state index contributed by atoms with van der Waals surface area (Å²) < 4.78 is 0. The minimum Gasteiger partial charge on any atom is -0.399 e. The number of thioether (sulfide) groups is 1. The second kappa shape index (κ2) is 6.08. The monoisotopic (exact) mass is 292 g/mol. The molecule has 1 aromatic rings. The zero-order valence-corrected chi connectivity index (χ0v) is 13.4. The van der Waals surface area contributed by atoms with Crippen LogP contribution in [0.3, 0.4) is 0 Å². The molecule has 1 unspecified atom stereocenters. The third kappa shape index (κ3) is 3.11. The van der Waals surface area contributed by atoms with Crippen LogP contribution in [0.15, 0.2) is 24.3 Å². The van der Waals surface area contributed by atoms with Crippen molar-refractivity contribution in [1.29, 1.82) is 0 Å². The molecule has 4 heteroatoms. The van der Waals surface area contributed by atoms with E-state index in [1.54, 1.807) is 0 Å². The van der Waals surface area contributed by atoms with Gasteiger partial charge in [-0.05, 0) is 38.0 Å². The van der Waals surface area contributed by atoms with E-state index in [1.807, 2.05) is 54.8 Å². The van der Waals surface area contributed by atoms with Gasteiger partial charge in [0.25, 0.3) is 0 Å². The van der Waals surface area contributed by atoms with E-state index in [4.69, 9.17) is 5.73 Å². The third-order valence-corrected chi connectivity index (χ3v) is 5.42. The maximum absolute atomic E-state index is 12.9. The topological polar surface area (TPSA) is 46.3 Å². The van der Waals surface area contributed by atoms with Gasteiger partial charge in [-0.2, -0.15) is 11.8 Å². The van der Waals surface area contributed by atoms with Crippen molar-refractivity contribution in [2.75, 3.05) is 24.6 Å². The summed E-state index contributed by atoms with van der Waals surface area (Å²) in [7, 11) is 0. The van der Waals surface area contributed by atoms with Crippen molar-refractivity contribution in [2.45, 2.75) is 37.9 Å². The van der Waals surface area contributed by atoms with E-state index in [2.05, 4.69) is 6.92 Å². The van der Waals surface area contributed by atoms with Crippen LogP contribution in [-0.2, 0) is 10.2 Å². The highest BCUT2D eigenvalue weighted by atomic mass is 32.2. The molecule has 1 heterocycles. The lowest BCUT2D eigenvalue weighted by atomic mass is 9.83. The smallest absolute Gasteiger partial charge is 0.232 e. The number of rotatable bonds is 3. The predicted octanol–water partition coefficient (Wildman–Crippen LogP) is 2.90. The molecular weight excluding hydrogens is 268 g/mol. The van der Waals surface area contributed by atoms with Gasteiger partial charge in [-0.25, -0.2) is 0 Å². The Kier molecular flexibility index (Phi) is 4.63. The molecule has 0 bridgehead atoms. The van der Waals surface area contributed by atoms with Crippen LogP contribution in [0.4, 0.5) is 5.69 Å². The standard InChI is InChI=1S/C16H24N2OS/c1-4-14-11-18(9-10-20-14)15(19)16(2,3)12-5-7-13(17)8-6-12/h5-8,14H,4,9-11,17H2,1-3H3. The molecule has 1 aliphatic heterocycles. The summed E-state index contributed by atoms with van der Waals surface area (Å²) in [6, 6.07) is 7.66. The minimum absolute atomic E-state index is 0.223. The summed E-state index contributed by atoms with van der Waals surface area (Å²) in [5.74, 6) is 1.27. The lowest BCUT2D eigenvalue weighted by Gasteiger charge is -2.37. The normalized spacial score (nSPS) is 19.9. The number of anilines is 1. The van der Waals surface area contributed by atoms with Crippen LogP contribution in [-0.4, -0.2) is 34.9 Å². The molecule has 1 fully saturated rings. The third-order valence-electron chi connectivity index (χ3n) is 4.05. The molecular formula is C16H24N2OS. The van der Waals surface area contributed by atoms with Gasteiger partial charge in [0.1, 0.15) is 0 Å². The zero-order chi connectivity index (χ0) is 14.8. The Balaban J connectivity index is 2.16. The first-order valence-corrected chi connectivity index (χ1v) is 8.27. The van der Waals surface area contributed by atoms with Crippen LogP contribution in [0.25, 0.3) is 0 Å². The van der Waals surface area contributed by atoms with E-state index < -0.39 is 5.41 Å². The van der Waals surface area contributed by atoms with Crippen molar-refractivity contribution < 1.29 is 4.79 Å². The average molecular weight is 292 g/mol. The lowest BCUT2D eigenvalue weighted by Crippen LogP contribution is -2.49. The molecule has 0 aliphatic carbocycles. The number of nitrogens with two attached hydrogens (primary N) is 1. The van der Waals surface area contributed by atoms with E-state index >= 15 is 0 Å². The predicted molar refractivity (Wildman–Crippen MR) is 87.0 cm³/mol. The highest BCUT2D eigenvalue weighted by molar-refractivity contribution is 8.00. The maximum Gasteiger partial charge on any atom is 0.232 e. The number of amides is 1. The Labute approximate surface area is 125 Å². The molecule has 1 aliphatic rings. The largest absolute Gasteiger partial charge is 0.399 e. The molecule has 0 saturated carbocycles. The summed E-state index contributed by atoms with van der Waals surface area (Å²) in [6.45, 7) is 7.93. The van der Waals surface area contributed by atoms with Gasteiger partial charge >= 0.3 is 0 Å². The summed E-state index contributed by atoms with van der Waals surface area (Å²) in [5.41, 5.74) is 7.00. The van der Waals surface area contributed by atoms with Gasteiger partial charge in [-0.1, -0.05) is 19.1 Å². The summed E-state index contributed by atoms with van der Waals surface area (Å²) >= 11 is 1.98. The highest BCUT2D eigenvalue weighted by Gasteiger charge is 2.35. The number of carbonyl (C=O) groups is 1. The number of nitrogen functional groups attached to an aromatic ring is 1. The van der Waals surface area contributed by atoms with Crippen LogP contribution in [0.5, 0.6) is 0 Å². The van der Waals surface area contributed by atoms with Crippen LogP contribution >= 0.6 is 11.8 Å². The second-order valence-electron chi connectivity index (χ2n) is 5.90. The summed E-state index contributed by atoms with van der Waals surface area (Å²) in [6.07, 6.45) is 1.12. The second-order valence-corrected chi connectivity index (χ2v) is 7.31. The van der Waals surface area contributed by atoms with E-state index in [1.165, 1.54) is 0 Å². The van der Waals surface area contributed by atoms with Gasteiger partial charge in [-0.3, -0.25) is 4.79 Å². The Bertz CT molecular complexity index is 470. The number of carbonyl (C=O) groups excluding carboxylic acids is 1. The molecule has 0 radical (unpaired) electrons. The van der Waals surface area contributed by atoms with Gasteiger partial charge in [0.2, 0.25) is 5.91 Å². The van der Waals surface area contributed by atoms with Gasteiger partial charge in [0.05, 0.1) is 5.41 Å². The minimum atomic E-state index is -0.492. The number of benzene rings is 1. The van der Waals surface area contributed by atoms with Crippen molar-refractivity contribution in [3.63, 3.8) is 0 Å². The molecule has 1 saturated heterocycles. The zero-order valence-electron chi connectivity index (χ0n) is 12.6. The van der Waals surface area contributed by atoms with E-state index in [9.17, 15) is 4.79 Å². The number of hydrogen-bond donors (Lipinski definition) is 1. The highest BCUT2D eigenvalue weighted by Crippen LogP contribution is 2.29. The molecule has 1 atom stereocenters. The molecule has 2 rings (SSSR count). The Morgan fingerprint density at radius 3 is 2.65 bits per heavy atom. The first kappa shape index (κ1) is 15.2. The van der Waals surface area contributed by atoms with Crippen LogP contribution in [0.2, 0.25) is 0 Å². The molecule has 0 spiro atoms. The van der Waals surface area contributed by atoms with E-state index in [0.29, 0.717) is 5.25 Å². The Hall–Kier alpha value is -1.16. The van der Waals surface area contributed by atoms with Crippen LogP contribution in [0, 0.1) is 0 Å². The molecule has 1 amide bonds. The van der Waals surface area contributed by atoms with Crippen LogP contribution in [0.1, 0.15) is 32.8 Å². The molecule has 110 valence electrons. The van der Waals surface area contributed by atoms with Crippen LogP contribution < -0.4 is 5.73 Å². The van der Waals surface area contributed by atoms with Gasteiger partial charge < -0.3 is 10.6 Å². The van der Waals surface area contributed by atoms with Crippen molar-refractivity contribution in [3.05, 3.63) is 29.8 Å². The molecule has 3 nitrogen and oxygen atoms in total. The van der Waals surface area contributed by atoms with Crippen molar-refractivity contribution in [3.8, 4) is 0 Å². The number of hydrogen-bond acceptors (Lipinski definition) is 3. The SMILES string of the molecule is CCC1CN(C(=O)C(C)(C)c2ccc(N)cc2)CCS1. The fourth-order valence-electron chi connectivity index (χ4n) is 2.57. The average Bonchev–Trinajstić information content (AvgIpc) is 2.47. The maximum atomic E-state index is 12.9. The first-order chi connectivity index (χ1) is 9.45. The molecule has 0 aromatic heterocycles. The Morgan fingerprint density at radius 2 is 2.05 bits per heavy atom.